The van der Waals surface area contributed by atoms with Crippen LogP contribution in [0, 0.1) is 17.7 Å². The first kappa shape index (κ1) is 39.8. The molecule has 0 bridgehead atoms. The number of aromatic nitrogens is 3. The highest BCUT2D eigenvalue weighted by Crippen LogP contribution is 2.32. The molecule has 5 aromatic rings. The van der Waals surface area contributed by atoms with Crippen LogP contribution in [-0.4, -0.2) is 84.6 Å². The number of aliphatic hydroxyl groups excluding tert-OH is 1. The van der Waals surface area contributed by atoms with Crippen LogP contribution in [0.15, 0.2) is 67.1 Å². The molecule has 0 aliphatic carbocycles. The molecule has 3 aromatic heterocycles. The number of ketones is 1. The van der Waals surface area contributed by atoms with E-state index in [9.17, 15) is 38.7 Å². The van der Waals surface area contributed by atoms with Crippen molar-refractivity contribution in [1.29, 1.82) is 0 Å². The Kier molecular flexibility index (Phi) is 11.2. The zero-order chi connectivity index (χ0) is 42.0. The first-order valence-electron chi connectivity index (χ1n) is 18.5. The third-order valence-electron chi connectivity index (χ3n) is 9.81. The summed E-state index contributed by atoms with van der Waals surface area (Å²) < 4.78 is 24.6. The van der Waals surface area contributed by atoms with Crippen LogP contribution in [0.5, 0.6) is 5.75 Å². The third-order valence-corrected chi connectivity index (χ3v) is 9.81. The second-order valence-electron chi connectivity index (χ2n) is 13.8. The number of ether oxygens (including phenoxy) is 1. The highest BCUT2D eigenvalue weighted by atomic mass is 19.1. The molecule has 0 saturated carbocycles. The first-order valence-corrected chi connectivity index (χ1v) is 18.5. The van der Waals surface area contributed by atoms with Crippen LogP contribution in [0.4, 0.5) is 10.1 Å². The van der Waals surface area contributed by atoms with Gasteiger partial charge in [-0.05, 0) is 54.8 Å². The third kappa shape index (κ3) is 8.06. The molecule has 0 radical (unpaired) electrons. The summed E-state index contributed by atoms with van der Waals surface area (Å²) in [4.78, 5) is 89.9. The predicted molar refractivity (Wildman–Crippen MR) is 208 cm³/mol. The summed E-state index contributed by atoms with van der Waals surface area (Å²) in [5, 5.41) is 21.3. The Morgan fingerprint density at radius 1 is 1.07 bits per heavy atom. The molecule has 17 heteroatoms. The van der Waals surface area contributed by atoms with Crippen LogP contribution in [0.1, 0.15) is 85.3 Å². The second kappa shape index (κ2) is 16.6. The largest absolute Gasteiger partial charge is 0.493 e. The van der Waals surface area contributed by atoms with E-state index >= 15 is 4.39 Å². The number of halogens is 1. The van der Waals surface area contributed by atoms with Crippen LogP contribution in [0.2, 0.25) is 0 Å². The van der Waals surface area contributed by atoms with Gasteiger partial charge in [-0.25, -0.2) is 4.39 Å². The fourth-order valence-corrected chi connectivity index (χ4v) is 6.96. The minimum Gasteiger partial charge on any atom is -0.493 e. The van der Waals surface area contributed by atoms with Gasteiger partial charge in [0.25, 0.3) is 17.7 Å². The fourth-order valence-electron chi connectivity index (χ4n) is 6.96. The van der Waals surface area contributed by atoms with Crippen molar-refractivity contribution in [2.45, 2.75) is 45.3 Å². The number of imide groups is 2. The summed E-state index contributed by atoms with van der Waals surface area (Å²) in [5.41, 5.74) is 1.77. The summed E-state index contributed by atoms with van der Waals surface area (Å²) in [7, 11) is 1.68. The number of Topliss-reactive ketones (excluding diaryl/α,β-unsaturated/α-hetero) is 1. The Bertz CT molecular complexity index is 2670. The van der Waals surface area contributed by atoms with Gasteiger partial charge in [0.2, 0.25) is 17.7 Å². The van der Waals surface area contributed by atoms with E-state index in [0.717, 1.165) is 4.90 Å². The van der Waals surface area contributed by atoms with E-state index < -0.39 is 48.0 Å². The molecule has 2 aliphatic heterocycles. The first-order chi connectivity index (χ1) is 28.3. The molecule has 16 nitrogen and oxygen atoms in total. The number of amides is 6. The number of piperidine rings is 1. The molecule has 1 unspecified atom stereocenters. The fraction of sp³-hybridized carbons (Fsp3) is 0.238. The zero-order valence-corrected chi connectivity index (χ0v) is 31.8. The summed E-state index contributed by atoms with van der Waals surface area (Å²) in [6.07, 6.45) is 5.03. The Balaban J connectivity index is 0.958. The summed E-state index contributed by atoms with van der Waals surface area (Å²) in [6.45, 7) is 0.999. The lowest BCUT2D eigenvalue weighted by molar-refractivity contribution is -0.136. The smallest absolute Gasteiger partial charge is 0.263 e. The van der Waals surface area contributed by atoms with E-state index in [2.05, 4.69) is 32.9 Å². The molecule has 1 atom stereocenters. The minimum atomic E-state index is -1.10. The standard InChI is InChI=1S/C42H36FN7O9/c1-23(52)33-19-30(39(55)46-31-17-24(22-51)16-29(38(31)43)26-20-45-48(2)21-26)34-18-27(12-14-49(33)34)59-15-5-9-35(53)44-13-4-7-25-6-3-8-28-37(25)42(58)50(41(28)57)32-10-11-36(54)47-40(32)56/h3,6,8,12,14,16-21,32,51H,5,9-11,13,15,22H2,1-2H3,(H,44,53)(H,46,55)(H,47,54,56). The number of fused-ring (bicyclic) bond motifs is 2. The number of hydrogen-bond donors (Lipinski definition) is 4. The normalized spacial score (nSPS) is 14.8. The van der Waals surface area contributed by atoms with Gasteiger partial charge in [0, 0.05) is 62.0 Å². The van der Waals surface area contributed by atoms with Crippen LogP contribution < -0.4 is 20.7 Å². The number of aryl methyl sites for hydroxylation is 1. The molecule has 59 heavy (non-hydrogen) atoms. The van der Waals surface area contributed by atoms with Crippen LogP contribution >= 0.6 is 0 Å². The molecule has 2 aromatic carbocycles. The van der Waals surface area contributed by atoms with Crippen molar-refractivity contribution in [2.24, 2.45) is 7.05 Å². The molecule has 1 saturated heterocycles. The summed E-state index contributed by atoms with van der Waals surface area (Å²) in [6, 6.07) is 10.8. The zero-order valence-electron chi connectivity index (χ0n) is 31.8. The molecular formula is C42H36FN7O9. The van der Waals surface area contributed by atoms with Crippen molar-refractivity contribution in [3.63, 3.8) is 0 Å². The van der Waals surface area contributed by atoms with Crippen molar-refractivity contribution in [1.82, 2.24) is 29.7 Å². The number of carbonyl (C=O) groups is 7. The SMILES string of the molecule is CC(=O)c1cc(C(=O)Nc2cc(CO)cc(-c3cnn(C)c3)c2F)c2cc(OCCCC(=O)NCC#Cc3cccc4c3C(=O)N(C3CCC(=O)NC3=O)C4=O)ccn12. The van der Waals surface area contributed by atoms with E-state index in [1.807, 2.05) is 0 Å². The van der Waals surface area contributed by atoms with Crippen LogP contribution in [0.25, 0.3) is 16.6 Å². The lowest BCUT2D eigenvalue weighted by Crippen LogP contribution is -2.54. The van der Waals surface area contributed by atoms with E-state index in [1.54, 1.807) is 43.7 Å². The average Bonchev–Trinajstić information content (AvgIpc) is 3.89. The number of hydrogen-bond acceptors (Lipinski definition) is 10. The van der Waals surface area contributed by atoms with Gasteiger partial charge < -0.3 is 24.9 Å². The molecule has 2 aliphatic rings. The van der Waals surface area contributed by atoms with E-state index in [4.69, 9.17) is 4.74 Å². The molecule has 0 spiro atoms. The van der Waals surface area contributed by atoms with Gasteiger partial charge in [0.05, 0.1) is 59.5 Å². The number of nitrogens with one attached hydrogen (secondary N) is 3. The highest BCUT2D eigenvalue weighted by Gasteiger charge is 2.45. The molecular weight excluding hydrogens is 765 g/mol. The number of pyridine rings is 1. The van der Waals surface area contributed by atoms with Gasteiger partial charge in [-0.3, -0.25) is 48.5 Å². The molecule has 5 heterocycles. The maximum Gasteiger partial charge on any atom is 0.263 e. The van der Waals surface area contributed by atoms with Crippen LogP contribution in [0.3, 0.4) is 0 Å². The molecule has 300 valence electrons. The summed E-state index contributed by atoms with van der Waals surface area (Å²) in [5.74, 6) is 1.36. The lowest BCUT2D eigenvalue weighted by atomic mass is 10.0. The molecule has 6 amide bonds. The van der Waals surface area contributed by atoms with Crippen molar-refractivity contribution >= 4 is 52.4 Å². The van der Waals surface area contributed by atoms with Gasteiger partial charge in [-0.1, -0.05) is 17.9 Å². The average molecular weight is 802 g/mol. The molecule has 4 N–H and O–H groups in total. The van der Waals surface area contributed by atoms with Crippen molar-refractivity contribution in [3.8, 4) is 28.7 Å². The van der Waals surface area contributed by atoms with Crippen molar-refractivity contribution in [3.05, 3.63) is 106 Å². The highest BCUT2D eigenvalue weighted by molar-refractivity contribution is 6.24. The van der Waals surface area contributed by atoms with Crippen molar-refractivity contribution < 1.29 is 47.8 Å². The maximum absolute atomic E-state index is 15.7. The summed E-state index contributed by atoms with van der Waals surface area (Å²) >= 11 is 0. The van der Waals surface area contributed by atoms with Gasteiger partial charge >= 0.3 is 0 Å². The number of nitrogens with zero attached hydrogens (tertiary/aromatic N) is 4. The van der Waals surface area contributed by atoms with Gasteiger partial charge in [-0.2, -0.15) is 5.10 Å². The van der Waals surface area contributed by atoms with Crippen LogP contribution in [-0.2, 0) is 28.0 Å². The maximum atomic E-state index is 15.7. The molecule has 7 rings (SSSR count). The van der Waals surface area contributed by atoms with Crippen molar-refractivity contribution in [2.75, 3.05) is 18.5 Å². The molecule has 1 fully saturated rings. The Morgan fingerprint density at radius 2 is 1.88 bits per heavy atom. The topological polar surface area (TPSA) is 211 Å². The predicted octanol–water partition coefficient (Wildman–Crippen LogP) is 3.15. The number of benzene rings is 2. The Labute approximate surface area is 335 Å². The Morgan fingerprint density at radius 3 is 2.61 bits per heavy atom. The monoisotopic (exact) mass is 801 g/mol. The van der Waals surface area contributed by atoms with E-state index in [-0.39, 0.29) is 83.3 Å². The van der Waals surface area contributed by atoms with Gasteiger partial charge in [0.15, 0.2) is 11.6 Å². The van der Waals surface area contributed by atoms with E-state index in [0.29, 0.717) is 28.8 Å². The minimum absolute atomic E-state index is 0.000430. The second-order valence-corrected chi connectivity index (χ2v) is 13.8. The number of rotatable bonds is 12. The lowest BCUT2D eigenvalue weighted by Gasteiger charge is -2.27. The number of carbonyl (C=O) groups excluding carboxylic acids is 7. The number of anilines is 1. The number of aliphatic hydroxyl groups is 1. The van der Waals surface area contributed by atoms with E-state index in [1.165, 1.54) is 46.5 Å². The quantitative estimate of drug-likeness (QED) is 0.0627. The van der Waals surface area contributed by atoms with Gasteiger partial charge in [0.1, 0.15) is 11.8 Å². The Hall–Kier alpha value is -7.45. The van der Waals surface area contributed by atoms with Gasteiger partial charge in [-0.15, -0.1) is 0 Å².